The molecule has 0 saturated heterocycles. The molecule has 0 amide bonds. The Bertz CT molecular complexity index is 4000. The minimum Gasteiger partial charge on any atom is -0.278 e. The van der Waals surface area contributed by atoms with Gasteiger partial charge in [-0.2, -0.15) is 0 Å². The molecule has 4 heteroatoms. The predicted octanol–water partition coefficient (Wildman–Crippen LogP) is 15.1. The second kappa shape index (κ2) is 11.1. The van der Waals surface area contributed by atoms with E-state index in [9.17, 15) is 0 Å². The van der Waals surface area contributed by atoms with Gasteiger partial charge in [-0.05, 0) is 95.7 Å². The first kappa shape index (κ1) is 31.9. The van der Waals surface area contributed by atoms with Crippen molar-refractivity contribution < 1.29 is 0 Å². The zero-order valence-corrected chi connectivity index (χ0v) is 33.2. The Morgan fingerprint density at radius 3 is 1.95 bits per heavy atom. The fourth-order valence-electron chi connectivity index (χ4n) is 11.0. The second-order valence-corrected chi connectivity index (χ2v) is 17.9. The molecule has 59 heavy (non-hydrogen) atoms. The van der Waals surface area contributed by atoms with Crippen LogP contribution >= 0.6 is 11.3 Å². The van der Waals surface area contributed by atoms with Crippen molar-refractivity contribution in [3.8, 4) is 28.3 Å². The maximum Gasteiger partial charge on any atom is 0.235 e. The number of aromatic nitrogens is 3. The highest BCUT2D eigenvalue weighted by Crippen LogP contribution is 2.55. The van der Waals surface area contributed by atoms with Gasteiger partial charge in [-0.25, -0.2) is 9.97 Å². The van der Waals surface area contributed by atoms with Crippen molar-refractivity contribution >= 4 is 107 Å². The summed E-state index contributed by atoms with van der Waals surface area (Å²) in [6.45, 7) is 4.78. The molecule has 10 aromatic carbocycles. The van der Waals surface area contributed by atoms with Gasteiger partial charge in [0.05, 0.1) is 22.2 Å². The minimum absolute atomic E-state index is 0.131. The number of thiophene rings is 1. The van der Waals surface area contributed by atoms with Crippen LogP contribution in [-0.2, 0) is 5.41 Å². The van der Waals surface area contributed by atoms with Gasteiger partial charge >= 0.3 is 0 Å². The highest BCUT2D eigenvalue weighted by molar-refractivity contribution is 7.26. The third-order valence-electron chi connectivity index (χ3n) is 13.5. The molecular weight excluding hydrogens is 735 g/mol. The highest BCUT2D eigenvalue weighted by atomic mass is 32.1. The number of fused-ring (bicyclic) bond motifs is 14. The number of para-hydroxylation sites is 2. The van der Waals surface area contributed by atoms with Crippen molar-refractivity contribution in [2.45, 2.75) is 19.3 Å². The molecule has 0 bridgehead atoms. The van der Waals surface area contributed by atoms with Crippen molar-refractivity contribution in [2.24, 2.45) is 0 Å². The predicted molar refractivity (Wildman–Crippen MR) is 251 cm³/mol. The number of hydrogen-bond acceptors (Lipinski definition) is 3. The summed E-state index contributed by atoms with van der Waals surface area (Å²) in [7, 11) is 0. The summed E-state index contributed by atoms with van der Waals surface area (Å²) in [5.41, 5.74) is 10.6. The summed E-state index contributed by atoms with van der Waals surface area (Å²) in [6, 6.07) is 60.5. The smallest absolute Gasteiger partial charge is 0.235 e. The van der Waals surface area contributed by atoms with Crippen molar-refractivity contribution in [3.05, 3.63) is 175 Å². The van der Waals surface area contributed by atoms with E-state index < -0.39 is 0 Å². The minimum atomic E-state index is -0.131. The van der Waals surface area contributed by atoms with Gasteiger partial charge in [0, 0.05) is 47.3 Å². The Labute approximate surface area is 342 Å². The third kappa shape index (κ3) is 3.97. The third-order valence-corrected chi connectivity index (χ3v) is 14.8. The van der Waals surface area contributed by atoms with Crippen LogP contribution in [0.1, 0.15) is 25.0 Å². The van der Waals surface area contributed by atoms with Crippen LogP contribution in [-0.4, -0.2) is 14.5 Å². The zero-order chi connectivity index (χ0) is 38.7. The Morgan fingerprint density at radius 1 is 0.441 bits per heavy atom. The Hall–Kier alpha value is -7.14. The van der Waals surface area contributed by atoms with E-state index in [2.05, 4.69) is 182 Å². The molecule has 14 rings (SSSR count). The Morgan fingerprint density at radius 2 is 1.07 bits per heavy atom. The van der Waals surface area contributed by atoms with E-state index in [1.807, 2.05) is 11.3 Å². The van der Waals surface area contributed by atoms with Crippen LogP contribution in [0.5, 0.6) is 0 Å². The monoisotopic (exact) mass is 767 g/mol. The van der Waals surface area contributed by atoms with Crippen molar-refractivity contribution in [2.75, 3.05) is 0 Å². The lowest BCUT2D eigenvalue weighted by Crippen LogP contribution is -2.14. The van der Waals surface area contributed by atoms with Gasteiger partial charge in [-0.1, -0.05) is 147 Å². The zero-order valence-electron chi connectivity index (χ0n) is 32.3. The lowest BCUT2D eigenvalue weighted by atomic mass is 9.80. The van der Waals surface area contributed by atoms with E-state index in [4.69, 9.17) is 9.97 Å². The van der Waals surface area contributed by atoms with E-state index in [-0.39, 0.29) is 5.41 Å². The topological polar surface area (TPSA) is 30.7 Å². The van der Waals surface area contributed by atoms with Crippen molar-refractivity contribution in [1.29, 1.82) is 0 Å². The standard InChI is InChI=1S/C55H33N3S/c1-55(2)42-24-7-3-15-34(42)50-37-21-11-18-31-32-19-12-22-38-49(32)41(40(48(31)37)28-43(50)55)29-46-51(38)36-17-5-9-26-45(36)58(46)54-56-44-25-8-4-16-35(44)52(57-54)39-23-13-20-33-30-14-6-10-27-47(30)59-53(33)39/h3-29H,1-2H3. The van der Waals surface area contributed by atoms with Gasteiger partial charge in [-0.3, -0.25) is 4.57 Å². The van der Waals surface area contributed by atoms with Crippen LogP contribution in [0.4, 0.5) is 0 Å². The van der Waals surface area contributed by atoms with Gasteiger partial charge in [-0.15, -0.1) is 11.3 Å². The van der Waals surface area contributed by atoms with Crippen LogP contribution in [0.3, 0.4) is 0 Å². The highest BCUT2D eigenvalue weighted by Gasteiger charge is 2.37. The molecule has 1 aliphatic rings. The van der Waals surface area contributed by atoms with Crippen molar-refractivity contribution in [1.82, 2.24) is 14.5 Å². The molecule has 0 N–H and O–H groups in total. The molecule has 0 spiro atoms. The van der Waals surface area contributed by atoms with Crippen LogP contribution in [0.2, 0.25) is 0 Å². The largest absolute Gasteiger partial charge is 0.278 e. The molecule has 0 unspecified atom stereocenters. The first-order chi connectivity index (χ1) is 29.0. The first-order valence-electron chi connectivity index (χ1n) is 20.4. The fraction of sp³-hybridized carbons (Fsp3) is 0.0545. The Balaban J connectivity index is 1.14. The summed E-state index contributed by atoms with van der Waals surface area (Å²) >= 11 is 1.84. The number of nitrogens with zero attached hydrogens (tertiary/aromatic N) is 3. The molecule has 274 valence electrons. The maximum atomic E-state index is 5.62. The van der Waals surface area contributed by atoms with Gasteiger partial charge < -0.3 is 0 Å². The molecule has 3 nitrogen and oxygen atoms in total. The summed E-state index contributed by atoms with van der Waals surface area (Å²) in [4.78, 5) is 11.0. The van der Waals surface area contributed by atoms with Gasteiger partial charge in [0.2, 0.25) is 5.95 Å². The van der Waals surface area contributed by atoms with E-state index in [0.717, 1.165) is 33.2 Å². The molecule has 0 atom stereocenters. The van der Waals surface area contributed by atoms with Crippen LogP contribution < -0.4 is 0 Å². The van der Waals surface area contributed by atoms with Gasteiger partial charge in [0.25, 0.3) is 0 Å². The molecule has 0 radical (unpaired) electrons. The SMILES string of the molecule is CC1(C)c2ccccc2-c2c1cc1c3cc4c(c5cccc(c6cccc2c61)c35)c1ccccc1n4-c1nc(-c2cccc3c2sc2ccccc23)c2ccccc2n1. The summed E-state index contributed by atoms with van der Waals surface area (Å²) < 4.78 is 4.86. The lowest BCUT2D eigenvalue weighted by molar-refractivity contribution is 0.661. The molecular formula is C55H33N3S. The molecule has 1 aliphatic carbocycles. The summed E-state index contributed by atoms with van der Waals surface area (Å²) in [5.74, 6) is 0.678. The Kier molecular flexibility index (Phi) is 5.98. The van der Waals surface area contributed by atoms with E-state index in [1.54, 1.807) is 0 Å². The van der Waals surface area contributed by atoms with Gasteiger partial charge in [0.15, 0.2) is 0 Å². The molecule has 3 heterocycles. The quantitative estimate of drug-likeness (QED) is 0.130. The molecule has 0 fully saturated rings. The summed E-state index contributed by atoms with van der Waals surface area (Å²) in [5, 5.41) is 16.4. The van der Waals surface area contributed by atoms with Crippen LogP contribution in [0.25, 0.3) is 124 Å². The van der Waals surface area contributed by atoms with Gasteiger partial charge in [0.1, 0.15) is 0 Å². The fourth-order valence-corrected chi connectivity index (χ4v) is 12.2. The van der Waals surface area contributed by atoms with E-state index >= 15 is 0 Å². The molecule has 3 aromatic heterocycles. The maximum absolute atomic E-state index is 5.62. The summed E-state index contributed by atoms with van der Waals surface area (Å²) in [6.07, 6.45) is 0. The van der Waals surface area contributed by atoms with Crippen molar-refractivity contribution in [3.63, 3.8) is 0 Å². The van der Waals surface area contributed by atoms with Crippen LogP contribution in [0, 0.1) is 0 Å². The van der Waals surface area contributed by atoms with Crippen LogP contribution in [0.15, 0.2) is 164 Å². The number of hydrogen-bond donors (Lipinski definition) is 0. The van der Waals surface area contributed by atoms with E-state index in [1.165, 1.54) is 96.3 Å². The number of rotatable bonds is 2. The molecule has 13 aromatic rings. The average molecular weight is 768 g/mol. The second-order valence-electron chi connectivity index (χ2n) is 16.8. The number of benzene rings is 10. The first-order valence-corrected chi connectivity index (χ1v) is 21.2. The normalized spacial score (nSPS) is 13.7. The molecule has 0 aliphatic heterocycles. The molecule has 0 saturated carbocycles. The average Bonchev–Trinajstić information content (AvgIpc) is 3.90. The lowest BCUT2D eigenvalue weighted by Gasteiger charge is -2.23. The van der Waals surface area contributed by atoms with E-state index in [0.29, 0.717) is 5.95 Å².